The molecule has 0 aliphatic heterocycles. The first-order valence-electron chi connectivity index (χ1n) is 4.15. The SMILES string of the molecule is Cc1cnc(C(N)C(C)C)cn1. The van der Waals surface area contributed by atoms with Crippen LogP contribution in [-0.2, 0) is 0 Å². The van der Waals surface area contributed by atoms with Gasteiger partial charge in [-0.1, -0.05) is 13.8 Å². The first kappa shape index (κ1) is 9.13. The van der Waals surface area contributed by atoms with Gasteiger partial charge in [0, 0.05) is 6.20 Å². The zero-order chi connectivity index (χ0) is 9.14. The first-order chi connectivity index (χ1) is 5.61. The van der Waals surface area contributed by atoms with E-state index in [-0.39, 0.29) is 6.04 Å². The van der Waals surface area contributed by atoms with Crippen molar-refractivity contribution in [1.82, 2.24) is 9.97 Å². The summed E-state index contributed by atoms with van der Waals surface area (Å²) in [6.07, 6.45) is 3.50. The van der Waals surface area contributed by atoms with Gasteiger partial charge in [0.15, 0.2) is 0 Å². The maximum atomic E-state index is 5.89. The van der Waals surface area contributed by atoms with Gasteiger partial charge in [-0.3, -0.25) is 9.97 Å². The van der Waals surface area contributed by atoms with Gasteiger partial charge < -0.3 is 5.73 Å². The lowest BCUT2D eigenvalue weighted by Gasteiger charge is -2.13. The number of rotatable bonds is 2. The highest BCUT2D eigenvalue weighted by molar-refractivity contribution is 5.05. The summed E-state index contributed by atoms with van der Waals surface area (Å²) < 4.78 is 0. The van der Waals surface area contributed by atoms with E-state index in [1.807, 2.05) is 6.92 Å². The van der Waals surface area contributed by atoms with Gasteiger partial charge in [0.1, 0.15) is 0 Å². The minimum Gasteiger partial charge on any atom is -0.322 e. The second-order valence-electron chi connectivity index (χ2n) is 3.35. The normalized spacial score (nSPS) is 13.4. The third-order valence-electron chi connectivity index (χ3n) is 1.86. The lowest BCUT2D eigenvalue weighted by Crippen LogP contribution is -2.18. The van der Waals surface area contributed by atoms with Crippen molar-refractivity contribution in [2.24, 2.45) is 11.7 Å². The van der Waals surface area contributed by atoms with Gasteiger partial charge in [-0.25, -0.2) is 0 Å². The van der Waals surface area contributed by atoms with Crippen molar-refractivity contribution >= 4 is 0 Å². The van der Waals surface area contributed by atoms with E-state index >= 15 is 0 Å². The lowest BCUT2D eigenvalue weighted by molar-refractivity contribution is 0.501. The second kappa shape index (κ2) is 3.63. The Hall–Kier alpha value is -0.960. The third kappa shape index (κ3) is 2.01. The molecule has 1 aromatic rings. The number of nitrogens with zero attached hydrogens (tertiary/aromatic N) is 2. The van der Waals surface area contributed by atoms with E-state index < -0.39 is 0 Å². The summed E-state index contributed by atoms with van der Waals surface area (Å²) in [5, 5.41) is 0. The Kier molecular flexibility index (Phi) is 2.76. The molecule has 0 aliphatic carbocycles. The number of hydrogen-bond acceptors (Lipinski definition) is 3. The van der Waals surface area contributed by atoms with E-state index in [9.17, 15) is 0 Å². The van der Waals surface area contributed by atoms with Crippen LogP contribution in [0.25, 0.3) is 0 Å². The average Bonchev–Trinajstić information content (AvgIpc) is 2.04. The standard InChI is InChI=1S/C9H15N3/c1-6(2)9(10)8-5-11-7(3)4-12-8/h4-6,9H,10H2,1-3H3. The molecule has 1 rings (SSSR count). The molecular weight excluding hydrogens is 150 g/mol. The van der Waals surface area contributed by atoms with Crippen LogP contribution in [0, 0.1) is 12.8 Å². The Balaban J connectivity index is 2.82. The Bertz CT molecular complexity index is 240. The number of aromatic nitrogens is 2. The summed E-state index contributed by atoms with van der Waals surface area (Å²) in [5.41, 5.74) is 7.68. The summed E-state index contributed by atoms with van der Waals surface area (Å²) in [6.45, 7) is 6.07. The quantitative estimate of drug-likeness (QED) is 0.721. The minimum atomic E-state index is -0.00176. The summed E-state index contributed by atoms with van der Waals surface area (Å²) in [4.78, 5) is 8.35. The summed E-state index contributed by atoms with van der Waals surface area (Å²) in [5.74, 6) is 0.405. The Morgan fingerprint density at radius 2 is 1.92 bits per heavy atom. The predicted octanol–water partition coefficient (Wildman–Crippen LogP) is 1.44. The highest BCUT2D eigenvalue weighted by atomic mass is 14.8. The van der Waals surface area contributed by atoms with E-state index in [0.29, 0.717) is 5.92 Å². The Morgan fingerprint density at radius 3 is 2.33 bits per heavy atom. The van der Waals surface area contributed by atoms with Crippen molar-refractivity contribution in [3.8, 4) is 0 Å². The van der Waals surface area contributed by atoms with E-state index in [2.05, 4.69) is 23.8 Å². The molecule has 0 fully saturated rings. The monoisotopic (exact) mass is 165 g/mol. The van der Waals surface area contributed by atoms with Crippen LogP contribution in [-0.4, -0.2) is 9.97 Å². The van der Waals surface area contributed by atoms with Gasteiger partial charge in [-0.15, -0.1) is 0 Å². The molecular formula is C9H15N3. The molecule has 0 bridgehead atoms. The van der Waals surface area contributed by atoms with Gasteiger partial charge in [0.25, 0.3) is 0 Å². The van der Waals surface area contributed by atoms with Crippen molar-refractivity contribution in [2.45, 2.75) is 26.8 Å². The van der Waals surface area contributed by atoms with Crippen molar-refractivity contribution < 1.29 is 0 Å². The van der Waals surface area contributed by atoms with Crippen LogP contribution < -0.4 is 5.73 Å². The fraction of sp³-hybridized carbons (Fsp3) is 0.556. The first-order valence-corrected chi connectivity index (χ1v) is 4.15. The van der Waals surface area contributed by atoms with E-state index in [1.165, 1.54) is 0 Å². The molecule has 0 aromatic carbocycles. The van der Waals surface area contributed by atoms with Crippen LogP contribution in [0.5, 0.6) is 0 Å². The molecule has 0 aliphatic rings. The molecule has 1 atom stereocenters. The van der Waals surface area contributed by atoms with E-state index in [4.69, 9.17) is 5.73 Å². The van der Waals surface area contributed by atoms with Gasteiger partial charge in [0.2, 0.25) is 0 Å². The average molecular weight is 165 g/mol. The Morgan fingerprint density at radius 1 is 1.25 bits per heavy atom. The fourth-order valence-corrected chi connectivity index (χ4v) is 0.916. The van der Waals surface area contributed by atoms with Gasteiger partial charge in [-0.2, -0.15) is 0 Å². The third-order valence-corrected chi connectivity index (χ3v) is 1.86. The molecule has 1 aromatic heterocycles. The molecule has 3 heteroatoms. The molecule has 0 spiro atoms. The zero-order valence-corrected chi connectivity index (χ0v) is 7.78. The molecule has 0 saturated carbocycles. The molecule has 3 nitrogen and oxygen atoms in total. The van der Waals surface area contributed by atoms with Crippen LogP contribution in [0.15, 0.2) is 12.4 Å². The van der Waals surface area contributed by atoms with Crippen molar-refractivity contribution in [3.63, 3.8) is 0 Å². The van der Waals surface area contributed by atoms with Crippen LogP contribution in [0.1, 0.15) is 31.3 Å². The highest BCUT2D eigenvalue weighted by Gasteiger charge is 2.11. The number of aryl methyl sites for hydroxylation is 1. The minimum absolute atomic E-state index is 0.00176. The van der Waals surface area contributed by atoms with E-state index in [1.54, 1.807) is 12.4 Å². The number of hydrogen-bond donors (Lipinski definition) is 1. The number of nitrogens with two attached hydrogens (primary N) is 1. The molecule has 0 saturated heterocycles. The summed E-state index contributed by atoms with van der Waals surface area (Å²) in [6, 6.07) is -0.00176. The highest BCUT2D eigenvalue weighted by Crippen LogP contribution is 2.14. The van der Waals surface area contributed by atoms with Crippen LogP contribution in [0.4, 0.5) is 0 Å². The molecule has 0 amide bonds. The zero-order valence-electron chi connectivity index (χ0n) is 7.78. The van der Waals surface area contributed by atoms with Crippen molar-refractivity contribution in [2.75, 3.05) is 0 Å². The molecule has 0 radical (unpaired) electrons. The van der Waals surface area contributed by atoms with Crippen LogP contribution >= 0.6 is 0 Å². The van der Waals surface area contributed by atoms with Crippen LogP contribution in [0.3, 0.4) is 0 Å². The summed E-state index contributed by atoms with van der Waals surface area (Å²) >= 11 is 0. The van der Waals surface area contributed by atoms with Gasteiger partial charge in [-0.05, 0) is 12.8 Å². The maximum Gasteiger partial charge on any atom is 0.0756 e. The largest absolute Gasteiger partial charge is 0.322 e. The molecule has 2 N–H and O–H groups in total. The van der Waals surface area contributed by atoms with Gasteiger partial charge in [0.05, 0.1) is 23.6 Å². The van der Waals surface area contributed by atoms with Gasteiger partial charge >= 0.3 is 0 Å². The fourth-order valence-electron chi connectivity index (χ4n) is 0.916. The van der Waals surface area contributed by atoms with Crippen molar-refractivity contribution in [3.05, 3.63) is 23.8 Å². The molecule has 66 valence electrons. The molecule has 12 heavy (non-hydrogen) atoms. The molecule has 1 unspecified atom stereocenters. The topological polar surface area (TPSA) is 51.8 Å². The smallest absolute Gasteiger partial charge is 0.0756 e. The second-order valence-corrected chi connectivity index (χ2v) is 3.35. The predicted molar refractivity (Wildman–Crippen MR) is 48.5 cm³/mol. The maximum absolute atomic E-state index is 5.89. The summed E-state index contributed by atoms with van der Waals surface area (Å²) in [7, 11) is 0. The lowest BCUT2D eigenvalue weighted by atomic mass is 10.0. The van der Waals surface area contributed by atoms with E-state index in [0.717, 1.165) is 11.4 Å². The van der Waals surface area contributed by atoms with Crippen molar-refractivity contribution in [1.29, 1.82) is 0 Å². The Labute approximate surface area is 73.0 Å². The van der Waals surface area contributed by atoms with Crippen LogP contribution in [0.2, 0.25) is 0 Å². The molecule has 1 heterocycles.